The number of phenols is 1. The molecule has 1 nitrogen and oxygen atoms in total. The van der Waals surface area contributed by atoms with Crippen LogP contribution in [0.1, 0.15) is 25.7 Å². The topological polar surface area (TPSA) is 20.2 Å². The van der Waals surface area contributed by atoms with Gasteiger partial charge in [-0.2, -0.15) is 0 Å². The second-order valence-electron chi connectivity index (χ2n) is 3.52. The van der Waals surface area contributed by atoms with Crippen LogP contribution in [0, 0.1) is 0 Å². The fraction of sp³-hybridized carbons (Fsp3) is 0.455. The molecule has 70 valence electrons. The lowest BCUT2D eigenvalue weighted by molar-refractivity contribution is 0.475. The van der Waals surface area contributed by atoms with Crippen LogP contribution < -0.4 is 0 Å². The molecule has 1 aliphatic carbocycles. The number of thioether (sulfide) groups is 1. The molecule has 0 aromatic heterocycles. The van der Waals surface area contributed by atoms with Crippen molar-refractivity contribution in [2.24, 2.45) is 0 Å². The van der Waals surface area contributed by atoms with E-state index in [1.54, 1.807) is 12.1 Å². The van der Waals surface area contributed by atoms with Gasteiger partial charge in [-0.1, -0.05) is 12.8 Å². The van der Waals surface area contributed by atoms with E-state index in [0.717, 1.165) is 5.25 Å². The minimum absolute atomic E-state index is 0.357. The van der Waals surface area contributed by atoms with Crippen molar-refractivity contribution in [1.29, 1.82) is 0 Å². The van der Waals surface area contributed by atoms with E-state index < -0.39 is 0 Å². The highest BCUT2D eigenvalue weighted by Gasteiger charge is 2.15. The zero-order valence-corrected chi connectivity index (χ0v) is 8.39. The SMILES string of the molecule is Oc1ccc(SC2CCCC2)cc1. The molecule has 1 aromatic carbocycles. The zero-order chi connectivity index (χ0) is 9.10. The zero-order valence-electron chi connectivity index (χ0n) is 7.57. The first kappa shape index (κ1) is 8.95. The monoisotopic (exact) mass is 194 g/mol. The minimum atomic E-state index is 0.357. The van der Waals surface area contributed by atoms with Gasteiger partial charge in [-0.25, -0.2) is 0 Å². The van der Waals surface area contributed by atoms with Crippen molar-refractivity contribution >= 4 is 11.8 Å². The Kier molecular flexibility index (Phi) is 2.79. The first-order chi connectivity index (χ1) is 6.34. The van der Waals surface area contributed by atoms with Gasteiger partial charge in [0.05, 0.1) is 0 Å². The second-order valence-corrected chi connectivity index (χ2v) is 4.89. The van der Waals surface area contributed by atoms with E-state index in [9.17, 15) is 0 Å². The van der Waals surface area contributed by atoms with Gasteiger partial charge in [-0.3, -0.25) is 0 Å². The van der Waals surface area contributed by atoms with Crippen molar-refractivity contribution in [3.8, 4) is 5.75 Å². The molecule has 1 saturated carbocycles. The largest absolute Gasteiger partial charge is 0.508 e. The molecule has 0 amide bonds. The van der Waals surface area contributed by atoms with Gasteiger partial charge >= 0.3 is 0 Å². The van der Waals surface area contributed by atoms with Crippen LogP contribution in [-0.2, 0) is 0 Å². The molecular weight excluding hydrogens is 180 g/mol. The van der Waals surface area contributed by atoms with Crippen molar-refractivity contribution in [2.45, 2.75) is 35.8 Å². The molecule has 0 radical (unpaired) electrons. The first-order valence-electron chi connectivity index (χ1n) is 4.80. The summed E-state index contributed by atoms with van der Waals surface area (Å²) < 4.78 is 0. The van der Waals surface area contributed by atoms with E-state index >= 15 is 0 Å². The van der Waals surface area contributed by atoms with Crippen LogP contribution in [0.15, 0.2) is 29.2 Å². The first-order valence-corrected chi connectivity index (χ1v) is 5.68. The highest BCUT2D eigenvalue weighted by Crippen LogP contribution is 2.34. The van der Waals surface area contributed by atoms with Crippen LogP contribution in [0.4, 0.5) is 0 Å². The van der Waals surface area contributed by atoms with Crippen LogP contribution >= 0.6 is 11.8 Å². The number of benzene rings is 1. The van der Waals surface area contributed by atoms with Crippen LogP contribution in [-0.4, -0.2) is 10.4 Å². The summed E-state index contributed by atoms with van der Waals surface area (Å²) in [6, 6.07) is 7.52. The standard InChI is InChI=1S/C11H14OS/c12-9-5-7-11(8-6-9)13-10-3-1-2-4-10/h5-8,10,12H,1-4H2. The van der Waals surface area contributed by atoms with Crippen LogP contribution in [0.2, 0.25) is 0 Å². The molecule has 0 atom stereocenters. The molecule has 0 aliphatic heterocycles. The molecule has 2 heteroatoms. The quantitative estimate of drug-likeness (QED) is 0.778. The fourth-order valence-electron chi connectivity index (χ4n) is 1.72. The lowest BCUT2D eigenvalue weighted by atomic mass is 10.3. The molecule has 0 heterocycles. The molecule has 1 fully saturated rings. The average Bonchev–Trinajstić information content (AvgIpc) is 2.62. The third kappa shape index (κ3) is 2.41. The Hall–Kier alpha value is -0.630. The van der Waals surface area contributed by atoms with Crippen molar-refractivity contribution < 1.29 is 5.11 Å². The number of aromatic hydroxyl groups is 1. The molecule has 1 aliphatic rings. The maximum absolute atomic E-state index is 9.11. The van der Waals surface area contributed by atoms with Gasteiger partial charge in [0, 0.05) is 10.1 Å². The predicted molar refractivity (Wildman–Crippen MR) is 56.2 cm³/mol. The van der Waals surface area contributed by atoms with E-state index in [4.69, 9.17) is 5.11 Å². The van der Waals surface area contributed by atoms with Crippen molar-refractivity contribution in [3.63, 3.8) is 0 Å². The highest BCUT2D eigenvalue weighted by molar-refractivity contribution is 8.00. The Balaban J connectivity index is 1.97. The Labute approximate surface area is 83.2 Å². The second kappa shape index (κ2) is 4.05. The minimum Gasteiger partial charge on any atom is -0.508 e. The van der Waals surface area contributed by atoms with Crippen LogP contribution in [0.3, 0.4) is 0 Å². The van der Waals surface area contributed by atoms with E-state index in [1.165, 1.54) is 30.6 Å². The number of hydrogen-bond acceptors (Lipinski definition) is 2. The van der Waals surface area contributed by atoms with Gasteiger partial charge in [-0.05, 0) is 37.1 Å². The normalized spacial score (nSPS) is 17.8. The summed E-state index contributed by atoms with van der Waals surface area (Å²) in [6.07, 6.45) is 5.47. The molecule has 0 unspecified atom stereocenters. The summed E-state index contributed by atoms with van der Waals surface area (Å²) in [5.74, 6) is 0.357. The van der Waals surface area contributed by atoms with Gasteiger partial charge < -0.3 is 5.11 Å². The van der Waals surface area contributed by atoms with Crippen LogP contribution in [0.25, 0.3) is 0 Å². The molecule has 0 saturated heterocycles. The van der Waals surface area contributed by atoms with Gasteiger partial charge in [0.1, 0.15) is 5.75 Å². The number of phenolic OH excluding ortho intramolecular Hbond substituents is 1. The van der Waals surface area contributed by atoms with E-state index in [-0.39, 0.29) is 0 Å². The Bertz CT molecular complexity index is 262. The third-order valence-electron chi connectivity index (χ3n) is 2.44. The Morgan fingerprint density at radius 2 is 1.69 bits per heavy atom. The van der Waals surface area contributed by atoms with Gasteiger partial charge in [0.2, 0.25) is 0 Å². The maximum Gasteiger partial charge on any atom is 0.115 e. The van der Waals surface area contributed by atoms with E-state index in [1.807, 2.05) is 23.9 Å². The molecule has 13 heavy (non-hydrogen) atoms. The summed E-state index contributed by atoms with van der Waals surface area (Å²) in [5, 5.41) is 9.92. The van der Waals surface area contributed by atoms with Crippen molar-refractivity contribution in [2.75, 3.05) is 0 Å². The molecule has 1 aromatic rings. The fourth-order valence-corrected chi connectivity index (χ4v) is 2.97. The molecule has 0 bridgehead atoms. The summed E-state index contributed by atoms with van der Waals surface area (Å²) in [4.78, 5) is 1.28. The van der Waals surface area contributed by atoms with Crippen molar-refractivity contribution in [3.05, 3.63) is 24.3 Å². The maximum atomic E-state index is 9.11. The Morgan fingerprint density at radius 3 is 2.31 bits per heavy atom. The molecule has 2 rings (SSSR count). The predicted octanol–water partition coefficient (Wildman–Crippen LogP) is 3.43. The highest BCUT2D eigenvalue weighted by atomic mass is 32.2. The molecule has 0 spiro atoms. The number of rotatable bonds is 2. The summed E-state index contributed by atoms with van der Waals surface area (Å²) in [5.41, 5.74) is 0. The number of hydrogen-bond donors (Lipinski definition) is 1. The smallest absolute Gasteiger partial charge is 0.115 e. The summed E-state index contributed by atoms with van der Waals surface area (Å²) in [7, 11) is 0. The van der Waals surface area contributed by atoms with Gasteiger partial charge in [0.15, 0.2) is 0 Å². The van der Waals surface area contributed by atoms with Gasteiger partial charge in [-0.15, -0.1) is 11.8 Å². The third-order valence-corrected chi connectivity index (χ3v) is 3.79. The van der Waals surface area contributed by atoms with Crippen LogP contribution in [0.5, 0.6) is 5.75 Å². The average molecular weight is 194 g/mol. The lowest BCUT2D eigenvalue weighted by Crippen LogP contribution is -1.92. The van der Waals surface area contributed by atoms with Gasteiger partial charge in [0.25, 0.3) is 0 Å². The van der Waals surface area contributed by atoms with Crippen molar-refractivity contribution in [1.82, 2.24) is 0 Å². The lowest BCUT2D eigenvalue weighted by Gasteiger charge is -2.07. The summed E-state index contributed by atoms with van der Waals surface area (Å²) >= 11 is 1.95. The Morgan fingerprint density at radius 1 is 1.08 bits per heavy atom. The van der Waals surface area contributed by atoms with E-state index in [2.05, 4.69) is 0 Å². The van der Waals surface area contributed by atoms with E-state index in [0.29, 0.717) is 5.75 Å². The molecule has 1 N–H and O–H groups in total. The molecular formula is C11H14OS. The summed E-state index contributed by atoms with van der Waals surface area (Å²) in [6.45, 7) is 0.